The first kappa shape index (κ1) is 17.1. The number of aliphatic hydroxyl groups is 1. The van der Waals surface area contributed by atoms with Crippen molar-refractivity contribution in [2.45, 2.75) is 44.9 Å². The number of aromatic nitrogens is 2. The van der Waals surface area contributed by atoms with Crippen molar-refractivity contribution < 1.29 is 13.5 Å². The van der Waals surface area contributed by atoms with Gasteiger partial charge in [-0.05, 0) is 20.3 Å². The van der Waals surface area contributed by atoms with Gasteiger partial charge in [0.15, 0.2) is 5.03 Å². The van der Waals surface area contributed by atoms with Gasteiger partial charge in [0, 0.05) is 32.4 Å². The molecule has 0 saturated heterocycles. The van der Waals surface area contributed by atoms with Gasteiger partial charge in [0.05, 0.1) is 6.10 Å². The smallest absolute Gasteiger partial charge is 0.259 e. The van der Waals surface area contributed by atoms with Crippen molar-refractivity contribution in [1.29, 1.82) is 0 Å². The Balaban J connectivity index is 2.54. The maximum Gasteiger partial charge on any atom is 0.259 e. The molecular weight excluding hydrogens is 280 g/mol. The number of imidazole rings is 1. The fourth-order valence-electron chi connectivity index (χ4n) is 1.73. The van der Waals surface area contributed by atoms with E-state index in [2.05, 4.69) is 15.0 Å². The maximum absolute atomic E-state index is 12.0. The Morgan fingerprint density at radius 1 is 1.45 bits per heavy atom. The highest BCUT2D eigenvalue weighted by Crippen LogP contribution is 2.09. The van der Waals surface area contributed by atoms with E-state index in [1.807, 2.05) is 11.5 Å². The molecule has 1 unspecified atom stereocenters. The van der Waals surface area contributed by atoms with Crippen LogP contribution in [0.1, 0.15) is 26.1 Å². The van der Waals surface area contributed by atoms with Gasteiger partial charge in [-0.3, -0.25) is 0 Å². The lowest BCUT2D eigenvalue weighted by Crippen LogP contribution is -2.34. The number of hydrogen-bond acceptors (Lipinski definition) is 5. The summed E-state index contributed by atoms with van der Waals surface area (Å²) >= 11 is 0. The van der Waals surface area contributed by atoms with Gasteiger partial charge in [0.2, 0.25) is 0 Å². The molecule has 3 N–H and O–H groups in total. The van der Waals surface area contributed by atoms with Gasteiger partial charge in [-0.1, -0.05) is 6.92 Å². The average Bonchev–Trinajstić information content (AvgIpc) is 2.71. The molecule has 0 aliphatic heterocycles. The topological polar surface area (TPSA) is 96.2 Å². The fraction of sp³-hybridized carbons (Fsp3) is 0.750. The molecule has 0 aliphatic carbocycles. The Morgan fingerprint density at radius 3 is 2.75 bits per heavy atom. The van der Waals surface area contributed by atoms with E-state index in [4.69, 9.17) is 5.11 Å². The minimum absolute atomic E-state index is 0.0546. The lowest BCUT2D eigenvalue weighted by atomic mass is 10.4. The molecule has 1 heterocycles. The summed E-state index contributed by atoms with van der Waals surface area (Å²) in [7, 11) is -3.57. The minimum atomic E-state index is -3.57. The summed E-state index contributed by atoms with van der Waals surface area (Å²) in [6.45, 7) is 7.39. The van der Waals surface area contributed by atoms with Crippen molar-refractivity contribution in [1.82, 2.24) is 19.6 Å². The fourth-order valence-corrected chi connectivity index (χ4v) is 2.77. The van der Waals surface area contributed by atoms with E-state index >= 15 is 0 Å². The van der Waals surface area contributed by atoms with E-state index in [1.165, 1.54) is 0 Å². The molecular formula is C12H24N4O3S. The summed E-state index contributed by atoms with van der Waals surface area (Å²) in [5.41, 5.74) is 0. The SMILES string of the molecule is CCCn1cc(S(=O)(=O)NCCNCC(C)O)nc1C. The monoisotopic (exact) mass is 304 g/mol. The Morgan fingerprint density at radius 2 is 2.15 bits per heavy atom. The van der Waals surface area contributed by atoms with Gasteiger partial charge < -0.3 is 15.0 Å². The Labute approximate surface area is 120 Å². The molecule has 1 rings (SSSR count). The molecule has 1 atom stereocenters. The third kappa shape index (κ3) is 5.20. The van der Waals surface area contributed by atoms with E-state index in [-0.39, 0.29) is 11.6 Å². The van der Waals surface area contributed by atoms with Crippen LogP contribution in [0.15, 0.2) is 11.2 Å². The predicted octanol–water partition coefficient (Wildman–Crippen LogP) is -0.150. The van der Waals surface area contributed by atoms with Crippen LogP contribution in [0.2, 0.25) is 0 Å². The summed E-state index contributed by atoms with van der Waals surface area (Å²) in [4.78, 5) is 4.08. The molecule has 0 amide bonds. The normalized spacial score (nSPS) is 13.6. The standard InChI is InChI=1S/C12H24N4O3S/c1-4-7-16-9-12(15-11(16)3)20(18,19)14-6-5-13-8-10(2)17/h9-10,13-14,17H,4-8H2,1-3H3. The number of rotatable bonds is 9. The molecule has 7 nitrogen and oxygen atoms in total. The van der Waals surface area contributed by atoms with Gasteiger partial charge in [0.1, 0.15) is 5.82 Å². The van der Waals surface area contributed by atoms with E-state index in [0.717, 1.165) is 13.0 Å². The van der Waals surface area contributed by atoms with E-state index in [0.29, 0.717) is 18.9 Å². The highest BCUT2D eigenvalue weighted by Gasteiger charge is 2.18. The lowest BCUT2D eigenvalue weighted by Gasteiger charge is -2.07. The molecule has 0 aromatic carbocycles. The number of hydrogen-bond donors (Lipinski definition) is 3. The molecule has 1 aromatic rings. The zero-order valence-electron chi connectivity index (χ0n) is 12.3. The third-order valence-electron chi connectivity index (χ3n) is 2.73. The number of nitrogens with zero attached hydrogens (tertiary/aromatic N) is 2. The number of sulfonamides is 1. The quantitative estimate of drug-likeness (QED) is 0.551. The first-order valence-electron chi connectivity index (χ1n) is 6.79. The molecule has 0 bridgehead atoms. The van der Waals surface area contributed by atoms with Crippen LogP contribution in [-0.2, 0) is 16.6 Å². The van der Waals surface area contributed by atoms with E-state index in [1.54, 1.807) is 20.0 Å². The van der Waals surface area contributed by atoms with Crippen LogP contribution in [0.5, 0.6) is 0 Å². The number of aliphatic hydroxyl groups excluding tert-OH is 1. The average molecular weight is 304 g/mol. The van der Waals surface area contributed by atoms with Crippen molar-refractivity contribution in [2.24, 2.45) is 0 Å². The van der Waals surface area contributed by atoms with Crippen LogP contribution in [-0.4, -0.2) is 48.8 Å². The molecule has 0 fully saturated rings. The molecule has 0 aliphatic rings. The second-order valence-electron chi connectivity index (χ2n) is 4.77. The maximum atomic E-state index is 12.0. The lowest BCUT2D eigenvalue weighted by molar-refractivity contribution is 0.192. The zero-order valence-corrected chi connectivity index (χ0v) is 13.1. The first-order valence-corrected chi connectivity index (χ1v) is 8.27. The van der Waals surface area contributed by atoms with Gasteiger partial charge in [-0.25, -0.2) is 18.1 Å². The molecule has 0 saturated carbocycles. The highest BCUT2D eigenvalue weighted by atomic mass is 32.2. The van der Waals surface area contributed by atoms with Crippen molar-refractivity contribution in [3.05, 3.63) is 12.0 Å². The first-order chi connectivity index (χ1) is 9.36. The summed E-state index contributed by atoms with van der Waals surface area (Å²) in [6, 6.07) is 0. The van der Waals surface area contributed by atoms with Crippen LogP contribution in [0, 0.1) is 6.92 Å². The van der Waals surface area contributed by atoms with E-state index < -0.39 is 16.1 Å². The largest absolute Gasteiger partial charge is 0.392 e. The summed E-state index contributed by atoms with van der Waals surface area (Å²) < 4.78 is 28.4. The van der Waals surface area contributed by atoms with Crippen molar-refractivity contribution in [3.8, 4) is 0 Å². The van der Waals surface area contributed by atoms with Gasteiger partial charge >= 0.3 is 0 Å². The Bertz CT molecular complexity index is 511. The molecule has 8 heteroatoms. The second kappa shape index (κ2) is 7.72. The van der Waals surface area contributed by atoms with Crippen LogP contribution >= 0.6 is 0 Å². The summed E-state index contributed by atoms with van der Waals surface area (Å²) in [5.74, 6) is 0.694. The predicted molar refractivity (Wildman–Crippen MR) is 77.0 cm³/mol. The Hall–Kier alpha value is -0.960. The van der Waals surface area contributed by atoms with Crippen LogP contribution < -0.4 is 10.0 Å². The second-order valence-corrected chi connectivity index (χ2v) is 6.48. The van der Waals surface area contributed by atoms with Gasteiger partial charge in [-0.2, -0.15) is 0 Å². The van der Waals surface area contributed by atoms with Crippen molar-refractivity contribution in [3.63, 3.8) is 0 Å². The van der Waals surface area contributed by atoms with Crippen molar-refractivity contribution >= 4 is 10.0 Å². The molecule has 1 aromatic heterocycles. The van der Waals surface area contributed by atoms with E-state index in [9.17, 15) is 8.42 Å². The molecule has 0 spiro atoms. The van der Waals surface area contributed by atoms with Crippen LogP contribution in [0.4, 0.5) is 0 Å². The minimum Gasteiger partial charge on any atom is -0.392 e. The van der Waals surface area contributed by atoms with Crippen LogP contribution in [0.3, 0.4) is 0 Å². The number of aryl methyl sites for hydroxylation is 2. The van der Waals surface area contributed by atoms with Crippen LogP contribution in [0.25, 0.3) is 0 Å². The third-order valence-corrected chi connectivity index (χ3v) is 4.06. The number of nitrogens with one attached hydrogen (secondary N) is 2. The summed E-state index contributed by atoms with van der Waals surface area (Å²) in [6.07, 6.45) is 2.04. The zero-order chi connectivity index (χ0) is 15.2. The van der Waals surface area contributed by atoms with Gasteiger partial charge in [0.25, 0.3) is 10.0 Å². The Kier molecular flexibility index (Phi) is 6.60. The molecule has 116 valence electrons. The van der Waals surface area contributed by atoms with Crippen molar-refractivity contribution in [2.75, 3.05) is 19.6 Å². The van der Waals surface area contributed by atoms with Gasteiger partial charge in [-0.15, -0.1) is 0 Å². The highest BCUT2D eigenvalue weighted by molar-refractivity contribution is 7.89. The summed E-state index contributed by atoms with van der Waals surface area (Å²) in [5, 5.41) is 12.1. The molecule has 20 heavy (non-hydrogen) atoms. The molecule has 0 radical (unpaired) electrons.